The van der Waals surface area contributed by atoms with E-state index in [9.17, 15) is 4.79 Å². The van der Waals surface area contributed by atoms with Crippen LogP contribution in [0.25, 0.3) is 0 Å². The lowest BCUT2D eigenvalue weighted by Gasteiger charge is -2.06. The van der Waals surface area contributed by atoms with Crippen LogP contribution in [0.15, 0.2) is 18.2 Å². The Bertz CT molecular complexity index is 374. The Morgan fingerprint density at radius 2 is 1.67 bits per heavy atom. The lowest BCUT2D eigenvalue weighted by atomic mass is 10.1. The van der Waals surface area contributed by atoms with Gasteiger partial charge in [0.25, 0.3) is 5.91 Å². The predicted octanol–water partition coefficient (Wildman–Crippen LogP) is 1.13. The van der Waals surface area contributed by atoms with Crippen LogP contribution >= 0.6 is 0 Å². The molecule has 0 heterocycles. The summed E-state index contributed by atoms with van der Waals surface area (Å²) in [5.74, 6) is -0.156. The Morgan fingerprint density at radius 3 is 2.28 bits per heavy atom. The van der Waals surface area contributed by atoms with E-state index in [1.54, 1.807) is 18.2 Å². The highest BCUT2D eigenvalue weighted by molar-refractivity contribution is 5.96. The molecule has 0 fully saturated rings. The maximum atomic E-state index is 11.8. The fourth-order valence-electron chi connectivity index (χ4n) is 1.70. The second-order valence-electron chi connectivity index (χ2n) is 4.28. The number of nitrogens with one attached hydrogen (secondary N) is 1. The summed E-state index contributed by atoms with van der Waals surface area (Å²) in [5.41, 5.74) is 12.7. The van der Waals surface area contributed by atoms with Crippen molar-refractivity contribution in [1.82, 2.24) is 5.32 Å². The number of rotatable bonds is 7. The molecule has 1 aromatic rings. The minimum absolute atomic E-state index is 0.156. The quantitative estimate of drug-likeness (QED) is 0.431. The predicted molar refractivity (Wildman–Crippen MR) is 73.2 cm³/mol. The first-order valence-electron chi connectivity index (χ1n) is 6.18. The van der Waals surface area contributed by atoms with Gasteiger partial charge in [0, 0.05) is 30.1 Å². The lowest BCUT2D eigenvalue weighted by Crippen LogP contribution is -2.24. The van der Waals surface area contributed by atoms with Crippen LogP contribution in [0.2, 0.25) is 0 Å². The van der Waals surface area contributed by atoms with Gasteiger partial charge in [0.1, 0.15) is 0 Å². The molecule has 0 aliphatic heterocycles. The van der Waals surface area contributed by atoms with Crippen molar-refractivity contribution in [2.45, 2.75) is 25.7 Å². The molecule has 0 bridgehead atoms. The number of nitrogens with two attached hydrogens (primary N) is 2. The van der Waals surface area contributed by atoms with E-state index in [-0.39, 0.29) is 12.5 Å². The minimum Gasteiger partial charge on any atom is -0.399 e. The first kappa shape index (κ1) is 14.3. The summed E-state index contributed by atoms with van der Waals surface area (Å²) >= 11 is 0. The second-order valence-corrected chi connectivity index (χ2v) is 4.28. The van der Waals surface area contributed by atoms with Crippen LogP contribution < -0.4 is 16.8 Å². The van der Waals surface area contributed by atoms with Crippen LogP contribution in [0.5, 0.6) is 0 Å². The monoisotopic (exact) mass is 251 g/mol. The summed E-state index contributed by atoms with van der Waals surface area (Å²) in [7, 11) is 0. The highest BCUT2D eigenvalue weighted by Gasteiger charge is 2.06. The number of carbonyl (C=O) groups excluding carboxylic acids is 1. The van der Waals surface area contributed by atoms with E-state index < -0.39 is 0 Å². The molecule has 1 aromatic carbocycles. The lowest BCUT2D eigenvalue weighted by molar-refractivity contribution is 0.0953. The Kier molecular flexibility index (Phi) is 6.00. The van der Waals surface area contributed by atoms with E-state index in [1.165, 1.54) is 0 Å². The molecule has 0 unspecified atom stereocenters. The maximum absolute atomic E-state index is 11.8. The number of carbonyl (C=O) groups is 1. The first-order chi connectivity index (χ1) is 8.63. The molecule has 0 saturated heterocycles. The highest BCUT2D eigenvalue weighted by Crippen LogP contribution is 2.13. The summed E-state index contributed by atoms with van der Waals surface area (Å²) in [6, 6.07) is 4.83. The van der Waals surface area contributed by atoms with Gasteiger partial charge in [-0.2, -0.15) is 0 Å². The van der Waals surface area contributed by atoms with Gasteiger partial charge in [-0.25, -0.2) is 0 Å². The maximum Gasteiger partial charge on any atom is 0.251 e. The molecule has 0 aromatic heterocycles. The van der Waals surface area contributed by atoms with E-state index in [0.29, 0.717) is 23.5 Å². The fourth-order valence-corrected chi connectivity index (χ4v) is 1.70. The van der Waals surface area contributed by atoms with Gasteiger partial charge >= 0.3 is 0 Å². The molecule has 0 radical (unpaired) electrons. The minimum atomic E-state index is -0.156. The van der Waals surface area contributed by atoms with Crippen molar-refractivity contribution in [3.63, 3.8) is 0 Å². The van der Waals surface area contributed by atoms with E-state index in [1.807, 2.05) is 0 Å². The molecule has 0 saturated carbocycles. The third-order valence-electron chi connectivity index (χ3n) is 2.61. The van der Waals surface area contributed by atoms with E-state index in [2.05, 4.69) is 5.32 Å². The Labute approximate surface area is 107 Å². The summed E-state index contributed by atoms with van der Waals surface area (Å²) < 4.78 is 0. The Morgan fingerprint density at radius 1 is 1.06 bits per heavy atom. The van der Waals surface area contributed by atoms with E-state index >= 15 is 0 Å². The van der Waals surface area contributed by atoms with Crippen LogP contribution in [0.3, 0.4) is 0 Å². The average molecular weight is 251 g/mol. The standard InChI is InChI=1S/C13H21N3O2/c14-11-7-10(8-12(15)9-11)13(18)16-5-3-1-2-4-6-17/h7-9,17H,1-6,14-15H2,(H,16,18). The van der Waals surface area contributed by atoms with Gasteiger partial charge in [-0.05, 0) is 31.0 Å². The van der Waals surface area contributed by atoms with Gasteiger partial charge in [0.15, 0.2) is 0 Å². The molecule has 0 spiro atoms. The number of hydrogen-bond acceptors (Lipinski definition) is 4. The van der Waals surface area contributed by atoms with Gasteiger partial charge < -0.3 is 21.9 Å². The molecule has 0 atom stereocenters. The Hall–Kier alpha value is -1.75. The number of benzene rings is 1. The highest BCUT2D eigenvalue weighted by atomic mass is 16.2. The number of unbranched alkanes of at least 4 members (excludes halogenated alkanes) is 3. The number of aliphatic hydroxyl groups excluding tert-OH is 1. The molecule has 1 rings (SSSR count). The molecule has 0 aliphatic carbocycles. The van der Waals surface area contributed by atoms with Gasteiger partial charge in [-0.1, -0.05) is 12.8 Å². The zero-order valence-corrected chi connectivity index (χ0v) is 10.5. The third-order valence-corrected chi connectivity index (χ3v) is 2.61. The molecular formula is C13H21N3O2. The summed E-state index contributed by atoms with van der Waals surface area (Å²) in [6.07, 6.45) is 3.71. The van der Waals surface area contributed by atoms with Crippen LogP contribution in [-0.2, 0) is 0 Å². The van der Waals surface area contributed by atoms with Crippen molar-refractivity contribution in [1.29, 1.82) is 0 Å². The number of nitrogen functional groups attached to an aromatic ring is 2. The zero-order valence-electron chi connectivity index (χ0n) is 10.5. The molecule has 5 nitrogen and oxygen atoms in total. The third kappa shape index (κ3) is 5.05. The smallest absolute Gasteiger partial charge is 0.251 e. The van der Waals surface area contributed by atoms with Crippen molar-refractivity contribution >= 4 is 17.3 Å². The molecule has 100 valence electrons. The molecule has 18 heavy (non-hydrogen) atoms. The van der Waals surface area contributed by atoms with Gasteiger partial charge in [0.05, 0.1) is 0 Å². The number of amides is 1. The van der Waals surface area contributed by atoms with Gasteiger partial charge in [0.2, 0.25) is 0 Å². The molecule has 0 aliphatic rings. The van der Waals surface area contributed by atoms with Crippen molar-refractivity contribution in [2.75, 3.05) is 24.6 Å². The first-order valence-corrected chi connectivity index (χ1v) is 6.18. The van der Waals surface area contributed by atoms with Crippen molar-refractivity contribution < 1.29 is 9.90 Å². The summed E-state index contributed by atoms with van der Waals surface area (Å²) in [4.78, 5) is 11.8. The summed E-state index contributed by atoms with van der Waals surface area (Å²) in [6.45, 7) is 0.855. The van der Waals surface area contributed by atoms with Gasteiger partial charge in [-0.3, -0.25) is 4.79 Å². The number of aliphatic hydroxyl groups is 1. The fraction of sp³-hybridized carbons (Fsp3) is 0.462. The summed E-state index contributed by atoms with van der Waals surface area (Å²) in [5, 5.41) is 11.4. The van der Waals surface area contributed by atoms with Gasteiger partial charge in [-0.15, -0.1) is 0 Å². The average Bonchev–Trinajstić information content (AvgIpc) is 2.32. The molecular weight excluding hydrogens is 230 g/mol. The van der Waals surface area contributed by atoms with Crippen LogP contribution in [0, 0.1) is 0 Å². The Balaban J connectivity index is 2.32. The zero-order chi connectivity index (χ0) is 13.4. The molecule has 1 amide bonds. The molecule has 6 N–H and O–H groups in total. The van der Waals surface area contributed by atoms with E-state index in [0.717, 1.165) is 25.7 Å². The van der Waals surface area contributed by atoms with Crippen molar-refractivity contribution in [3.8, 4) is 0 Å². The van der Waals surface area contributed by atoms with Crippen LogP contribution in [-0.4, -0.2) is 24.2 Å². The molecule has 5 heteroatoms. The van der Waals surface area contributed by atoms with Crippen LogP contribution in [0.1, 0.15) is 36.0 Å². The normalized spacial score (nSPS) is 10.3. The van der Waals surface area contributed by atoms with Crippen LogP contribution in [0.4, 0.5) is 11.4 Å². The van der Waals surface area contributed by atoms with E-state index in [4.69, 9.17) is 16.6 Å². The topological polar surface area (TPSA) is 101 Å². The van der Waals surface area contributed by atoms with Crippen molar-refractivity contribution in [3.05, 3.63) is 23.8 Å². The second kappa shape index (κ2) is 7.55. The number of anilines is 2. The van der Waals surface area contributed by atoms with Crippen molar-refractivity contribution in [2.24, 2.45) is 0 Å². The largest absolute Gasteiger partial charge is 0.399 e. The SMILES string of the molecule is Nc1cc(N)cc(C(=O)NCCCCCCO)c1. The number of hydrogen-bond donors (Lipinski definition) is 4.